The molecule has 0 aliphatic heterocycles. The van der Waals surface area contributed by atoms with Crippen molar-refractivity contribution in [2.24, 2.45) is 0 Å². The van der Waals surface area contributed by atoms with E-state index in [0.29, 0.717) is 12.1 Å². The molecule has 2 rings (SSSR count). The number of halogens is 1. The molecule has 6 heteroatoms. The molecule has 0 radical (unpaired) electrons. The molecule has 20 heavy (non-hydrogen) atoms. The van der Waals surface area contributed by atoms with Crippen LogP contribution in [0.1, 0.15) is 18.9 Å². The summed E-state index contributed by atoms with van der Waals surface area (Å²) < 4.78 is 15.3. The molecular weight excluding hydrogens is 261 g/mol. The second-order valence-electron chi connectivity index (χ2n) is 4.58. The Morgan fingerprint density at radius 1 is 1.20 bits per heavy atom. The van der Waals surface area contributed by atoms with Crippen LogP contribution >= 0.6 is 0 Å². The van der Waals surface area contributed by atoms with Gasteiger partial charge in [-0.25, -0.2) is 9.18 Å². The van der Waals surface area contributed by atoms with E-state index in [-0.39, 0.29) is 18.0 Å². The van der Waals surface area contributed by atoms with Crippen LogP contribution in [0.4, 0.5) is 10.1 Å². The molecular formula is C14H16FN3O2. The molecule has 0 amide bonds. The van der Waals surface area contributed by atoms with E-state index in [1.165, 1.54) is 35.0 Å². The number of rotatable bonds is 4. The van der Waals surface area contributed by atoms with E-state index in [4.69, 9.17) is 5.73 Å². The number of nitrogens with two attached hydrogens (primary N) is 1. The number of aromatic nitrogens is 2. The van der Waals surface area contributed by atoms with Crippen molar-refractivity contribution in [2.45, 2.75) is 26.4 Å². The highest BCUT2D eigenvalue weighted by Gasteiger charge is 2.09. The van der Waals surface area contributed by atoms with Crippen molar-refractivity contribution in [1.82, 2.24) is 9.13 Å². The summed E-state index contributed by atoms with van der Waals surface area (Å²) in [5, 5.41) is 0. The van der Waals surface area contributed by atoms with E-state index in [1.807, 2.05) is 6.92 Å². The monoisotopic (exact) mass is 277 g/mol. The average Bonchev–Trinajstić information content (AvgIpc) is 2.43. The van der Waals surface area contributed by atoms with Crippen LogP contribution in [0.15, 0.2) is 40.1 Å². The minimum Gasteiger partial charge on any atom is -0.393 e. The highest BCUT2D eigenvalue weighted by Crippen LogP contribution is 2.03. The van der Waals surface area contributed by atoms with Crippen LogP contribution in [-0.4, -0.2) is 9.13 Å². The van der Waals surface area contributed by atoms with Gasteiger partial charge in [-0.15, -0.1) is 0 Å². The number of hydrogen-bond donors (Lipinski definition) is 1. The van der Waals surface area contributed by atoms with Crippen LogP contribution in [-0.2, 0) is 13.1 Å². The van der Waals surface area contributed by atoms with Gasteiger partial charge < -0.3 is 5.73 Å². The van der Waals surface area contributed by atoms with Gasteiger partial charge in [0.05, 0.1) is 6.54 Å². The molecule has 2 N–H and O–H groups in total. The minimum absolute atomic E-state index is 0.0279. The quantitative estimate of drug-likeness (QED) is 0.912. The van der Waals surface area contributed by atoms with Crippen molar-refractivity contribution in [1.29, 1.82) is 0 Å². The summed E-state index contributed by atoms with van der Waals surface area (Å²) in [5.74, 6) is -0.364. The first-order chi connectivity index (χ1) is 9.52. The minimum atomic E-state index is -0.522. The lowest BCUT2D eigenvalue weighted by atomic mass is 10.2. The SMILES string of the molecule is CCCn1cc(N)c(=O)n(Cc2ccc(F)cc2)c1=O. The van der Waals surface area contributed by atoms with Crippen LogP contribution in [0.5, 0.6) is 0 Å². The second-order valence-corrected chi connectivity index (χ2v) is 4.58. The van der Waals surface area contributed by atoms with Crippen LogP contribution in [0.2, 0.25) is 0 Å². The molecule has 0 spiro atoms. The van der Waals surface area contributed by atoms with Gasteiger partial charge in [-0.05, 0) is 24.1 Å². The largest absolute Gasteiger partial charge is 0.393 e. The third kappa shape index (κ3) is 2.79. The Hall–Kier alpha value is -2.37. The summed E-state index contributed by atoms with van der Waals surface area (Å²) in [7, 11) is 0. The highest BCUT2D eigenvalue weighted by molar-refractivity contribution is 5.31. The molecule has 2 aromatic rings. The Morgan fingerprint density at radius 3 is 2.45 bits per heavy atom. The van der Waals surface area contributed by atoms with Gasteiger partial charge in [-0.1, -0.05) is 19.1 Å². The van der Waals surface area contributed by atoms with Gasteiger partial charge in [-0.2, -0.15) is 0 Å². The van der Waals surface area contributed by atoms with Crippen LogP contribution in [0.25, 0.3) is 0 Å². The Morgan fingerprint density at radius 2 is 1.85 bits per heavy atom. The van der Waals surface area contributed by atoms with Crippen molar-refractivity contribution < 1.29 is 4.39 Å². The summed E-state index contributed by atoms with van der Waals surface area (Å²) in [5.41, 5.74) is 5.41. The molecule has 0 saturated heterocycles. The molecule has 1 aromatic heterocycles. The second kappa shape index (κ2) is 5.73. The smallest absolute Gasteiger partial charge is 0.331 e. The van der Waals surface area contributed by atoms with E-state index in [0.717, 1.165) is 11.0 Å². The van der Waals surface area contributed by atoms with Crippen molar-refractivity contribution in [3.05, 3.63) is 62.7 Å². The summed E-state index contributed by atoms with van der Waals surface area (Å²) in [6, 6.07) is 5.65. The molecule has 5 nitrogen and oxygen atoms in total. The molecule has 1 aromatic carbocycles. The summed E-state index contributed by atoms with van der Waals surface area (Å²) in [4.78, 5) is 24.2. The summed E-state index contributed by atoms with van der Waals surface area (Å²) in [6.07, 6.45) is 2.13. The maximum absolute atomic E-state index is 12.9. The van der Waals surface area contributed by atoms with Gasteiger partial charge in [0.15, 0.2) is 0 Å². The third-order valence-corrected chi connectivity index (χ3v) is 2.98. The van der Waals surface area contributed by atoms with E-state index >= 15 is 0 Å². The third-order valence-electron chi connectivity index (χ3n) is 2.98. The number of nitrogens with zero attached hydrogens (tertiary/aromatic N) is 2. The van der Waals surface area contributed by atoms with Gasteiger partial charge in [-0.3, -0.25) is 13.9 Å². The number of hydrogen-bond acceptors (Lipinski definition) is 3. The fraction of sp³-hybridized carbons (Fsp3) is 0.286. The molecule has 0 unspecified atom stereocenters. The van der Waals surface area contributed by atoms with Gasteiger partial charge >= 0.3 is 5.69 Å². The number of nitrogen functional groups attached to an aromatic ring is 1. The lowest BCUT2D eigenvalue weighted by molar-refractivity contribution is 0.572. The summed E-state index contributed by atoms with van der Waals surface area (Å²) >= 11 is 0. The van der Waals surface area contributed by atoms with Crippen molar-refractivity contribution in [3.8, 4) is 0 Å². The Bertz CT molecular complexity index is 717. The fourth-order valence-electron chi connectivity index (χ4n) is 1.99. The molecule has 0 fully saturated rings. The fourth-order valence-corrected chi connectivity index (χ4v) is 1.99. The lowest BCUT2D eigenvalue weighted by Gasteiger charge is -2.10. The molecule has 0 aliphatic carbocycles. The van der Waals surface area contributed by atoms with E-state index < -0.39 is 11.2 Å². The zero-order valence-corrected chi connectivity index (χ0v) is 11.2. The Balaban J connectivity index is 2.47. The first-order valence-corrected chi connectivity index (χ1v) is 6.37. The number of anilines is 1. The lowest BCUT2D eigenvalue weighted by Crippen LogP contribution is -2.40. The maximum atomic E-state index is 12.9. The van der Waals surface area contributed by atoms with Gasteiger partial charge in [0, 0.05) is 12.7 Å². The van der Waals surface area contributed by atoms with Crippen molar-refractivity contribution in [2.75, 3.05) is 5.73 Å². The van der Waals surface area contributed by atoms with E-state index in [9.17, 15) is 14.0 Å². The standard InChI is InChI=1S/C14H16FN3O2/c1-2-7-17-9-12(16)13(19)18(14(17)20)8-10-3-5-11(15)6-4-10/h3-6,9H,2,7-8,16H2,1H3. The van der Waals surface area contributed by atoms with Gasteiger partial charge in [0.1, 0.15) is 11.5 Å². The molecule has 0 atom stereocenters. The van der Waals surface area contributed by atoms with Crippen molar-refractivity contribution in [3.63, 3.8) is 0 Å². The van der Waals surface area contributed by atoms with Crippen LogP contribution < -0.4 is 17.0 Å². The zero-order valence-electron chi connectivity index (χ0n) is 11.2. The molecule has 1 heterocycles. The molecule has 106 valence electrons. The highest BCUT2D eigenvalue weighted by atomic mass is 19.1. The number of benzene rings is 1. The topological polar surface area (TPSA) is 70.0 Å². The Kier molecular flexibility index (Phi) is 4.02. The predicted octanol–water partition coefficient (Wildman–Crippen LogP) is 1.19. The van der Waals surface area contributed by atoms with E-state index in [1.54, 1.807) is 0 Å². The van der Waals surface area contributed by atoms with Crippen LogP contribution in [0, 0.1) is 5.82 Å². The first kappa shape index (κ1) is 14.0. The predicted molar refractivity (Wildman–Crippen MR) is 75.2 cm³/mol. The van der Waals surface area contributed by atoms with Gasteiger partial charge in [0.2, 0.25) is 0 Å². The maximum Gasteiger partial charge on any atom is 0.331 e. The average molecular weight is 277 g/mol. The zero-order chi connectivity index (χ0) is 14.7. The molecule has 0 bridgehead atoms. The first-order valence-electron chi connectivity index (χ1n) is 6.37. The van der Waals surface area contributed by atoms with Gasteiger partial charge in [0.25, 0.3) is 5.56 Å². The summed E-state index contributed by atoms with van der Waals surface area (Å²) in [6.45, 7) is 2.50. The molecule has 0 aliphatic rings. The normalized spacial score (nSPS) is 10.7. The number of aryl methyl sites for hydroxylation is 1. The van der Waals surface area contributed by atoms with Crippen LogP contribution in [0.3, 0.4) is 0 Å². The Labute approximate surface area is 115 Å². The van der Waals surface area contributed by atoms with Crippen molar-refractivity contribution >= 4 is 5.69 Å². The molecule has 0 saturated carbocycles. The van der Waals surface area contributed by atoms with E-state index in [2.05, 4.69) is 0 Å².